The fourth-order valence-electron chi connectivity index (χ4n) is 4.23. The summed E-state index contributed by atoms with van der Waals surface area (Å²) in [6.45, 7) is 4.15. The van der Waals surface area contributed by atoms with Gasteiger partial charge < -0.3 is 9.15 Å². The molecule has 0 fully saturated rings. The van der Waals surface area contributed by atoms with Crippen LogP contribution in [-0.2, 0) is 4.79 Å². The number of amides is 1. The molecule has 1 amide bonds. The summed E-state index contributed by atoms with van der Waals surface area (Å²) in [5, 5.41) is 4.35. The van der Waals surface area contributed by atoms with Gasteiger partial charge in [0, 0.05) is 23.0 Å². The third kappa shape index (κ3) is 4.24. The molecule has 2 atom stereocenters. The smallest absolute Gasteiger partial charge is 0.243 e. The predicted octanol–water partition coefficient (Wildman–Crippen LogP) is 6.17. The second-order valence-corrected chi connectivity index (χ2v) is 8.30. The van der Waals surface area contributed by atoms with Gasteiger partial charge in [-0.1, -0.05) is 44.5 Å². The van der Waals surface area contributed by atoms with Crippen molar-refractivity contribution in [3.05, 3.63) is 78.4 Å². The Morgan fingerprint density at radius 2 is 1.70 bits per heavy atom. The minimum Gasteiger partial charge on any atom is -0.457 e. The lowest BCUT2D eigenvalue weighted by Crippen LogP contribution is -2.40. The first-order valence-corrected chi connectivity index (χ1v) is 11.2. The Labute approximate surface area is 192 Å². The summed E-state index contributed by atoms with van der Waals surface area (Å²) in [7, 11) is 0. The van der Waals surface area contributed by atoms with E-state index in [4.69, 9.17) is 9.15 Å². The van der Waals surface area contributed by atoms with E-state index in [0.29, 0.717) is 11.5 Å². The van der Waals surface area contributed by atoms with Crippen LogP contribution < -0.4 is 10.2 Å². The van der Waals surface area contributed by atoms with Gasteiger partial charge in [-0.05, 0) is 55.0 Å². The maximum atomic E-state index is 12.2. The topological polar surface area (TPSA) is 76.7 Å². The maximum absolute atomic E-state index is 12.2. The Morgan fingerprint density at radius 1 is 0.970 bits per heavy atom. The van der Waals surface area contributed by atoms with Crippen LogP contribution in [0.5, 0.6) is 11.5 Å². The van der Waals surface area contributed by atoms with Gasteiger partial charge in [0.2, 0.25) is 11.8 Å². The molecule has 6 nitrogen and oxygen atoms in total. The van der Waals surface area contributed by atoms with Crippen molar-refractivity contribution in [2.45, 2.75) is 26.7 Å². The molecule has 3 aromatic carbocycles. The number of fused-ring (bicyclic) bond motifs is 1. The molecule has 1 aromatic heterocycles. The number of carbonyl (C=O) groups is 1. The lowest BCUT2D eigenvalue weighted by Gasteiger charge is -2.27. The first kappa shape index (κ1) is 20.9. The third-order valence-corrected chi connectivity index (χ3v) is 6.02. The zero-order chi connectivity index (χ0) is 22.8. The molecule has 2 unspecified atom stereocenters. The molecule has 1 aliphatic rings. The zero-order valence-corrected chi connectivity index (χ0v) is 18.6. The Morgan fingerprint density at radius 3 is 2.45 bits per heavy atom. The summed E-state index contributed by atoms with van der Waals surface area (Å²) in [5.74, 6) is 2.05. The highest BCUT2D eigenvalue weighted by molar-refractivity contribution is 6.07. The van der Waals surface area contributed by atoms with Gasteiger partial charge in [0.05, 0.1) is 5.71 Å². The van der Waals surface area contributed by atoms with Crippen molar-refractivity contribution in [1.29, 1.82) is 0 Å². The minimum atomic E-state index is -0.0693. The van der Waals surface area contributed by atoms with Crippen LogP contribution in [0.1, 0.15) is 32.3 Å². The van der Waals surface area contributed by atoms with Gasteiger partial charge in [0.25, 0.3) is 0 Å². The highest BCUT2D eigenvalue weighted by Gasteiger charge is 2.32. The van der Waals surface area contributed by atoms with Crippen molar-refractivity contribution in [2.24, 2.45) is 16.9 Å². The molecule has 1 N–H and O–H groups in total. The quantitative estimate of drug-likeness (QED) is 0.390. The summed E-state index contributed by atoms with van der Waals surface area (Å²) in [4.78, 5) is 16.9. The van der Waals surface area contributed by atoms with Crippen molar-refractivity contribution in [2.75, 3.05) is 0 Å². The second kappa shape index (κ2) is 8.90. The molecular formula is C27H25N3O3. The summed E-state index contributed by atoms with van der Waals surface area (Å²) < 4.78 is 11.9. The largest absolute Gasteiger partial charge is 0.457 e. The number of ether oxygens (including phenoxy) is 1. The van der Waals surface area contributed by atoms with E-state index in [1.807, 2.05) is 72.8 Å². The van der Waals surface area contributed by atoms with Crippen LogP contribution in [0.3, 0.4) is 0 Å². The van der Waals surface area contributed by atoms with E-state index < -0.39 is 0 Å². The molecule has 166 valence electrons. The van der Waals surface area contributed by atoms with E-state index in [2.05, 4.69) is 29.4 Å². The summed E-state index contributed by atoms with van der Waals surface area (Å²) in [6.07, 6.45) is 1.79. The van der Waals surface area contributed by atoms with Crippen molar-refractivity contribution in [1.82, 2.24) is 10.4 Å². The first-order valence-electron chi connectivity index (χ1n) is 11.2. The van der Waals surface area contributed by atoms with Crippen LogP contribution in [0.25, 0.3) is 22.6 Å². The summed E-state index contributed by atoms with van der Waals surface area (Å²) >= 11 is 0. The average Bonchev–Trinajstić information content (AvgIpc) is 3.26. The summed E-state index contributed by atoms with van der Waals surface area (Å²) in [6, 6.07) is 23.2. The Bertz CT molecular complexity index is 1310. The van der Waals surface area contributed by atoms with E-state index in [-0.39, 0.29) is 17.7 Å². The number of oxazole rings is 1. The van der Waals surface area contributed by atoms with Gasteiger partial charge in [0.1, 0.15) is 17.0 Å². The highest BCUT2D eigenvalue weighted by atomic mass is 16.5. The summed E-state index contributed by atoms with van der Waals surface area (Å²) in [5.41, 5.74) is 6.82. The molecule has 6 heteroatoms. The maximum Gasteiger partial charge on any atom is 0.243 e. The van der Waals surface area contributed by atoms with Gasteiger partial charge in [-0.3, -0.25) is 4.79 Å². The van der Waals surface area contributed by atoms with E-state index in [1.165, 1.54) is 0 Å². The van der Waals surface area contributed by atoms with E-state index in [9.17, 15) is 4.79 Å². The monoisotopic (exact) mass is 439 g/mol. The van der Waals surface area contributed by atoms with Crippen LogP contribution in [0.4, 0.5) is 0 Å². The molecule has 0 saturated heterocycles. The minimum absolute atomic E-state index is 0.00387. The molecule has 0 aliphatic carbocycles. The molecule has 1 aliphatic heterocycles. The number of nitrogens with zero attached hydrogens (tertiary/aromatic N) is 2. The van der Waals surface area contributed by atoms with Gasteiger partial charge in [-0.15, -0.1) is 0 Å². The number of hydrogen-bond acceptors (Lipinski definition) is 5. The van der Waals surface area contributed by atoms with Crippen molar-refractivity contribution >= 4 is 22.7 Å². The zero-order valence-electron chi connectivity index (χ0n) is 18.6. The molecule has 5 rings (SSSR count). The molecule has 0 saturated carbocycles. The Hall–Kier alpha value is -3.93. The Balaban J connectivity index is 1.39. The SMILES string of the molecule is CCCC1C(=O)NN=C(c2ccc3nc(-c4ccc(Oc5ccccc5)cc4)oc3c2)C1C. The number of nitrogens with one attached hydrogen (secondary N) is 1. The highest BCUT2D eigenvalue weighted by Crippen LogP contribution is 2.30. The van der Waals surface area contributed by atoms with Gasteiger partial charge in [-0.25, -0.2) is 10.4 Å². The number of aromatic nitrogens is 1. The standard InChI is InChI=1S/C27H25N3O3/c1-3-7-22-17(2)25(29-30-26(22)31)19-12-15-23-24(16-19)33-27(28-23)18-10-13-21(14-11-18)32-20-8-5-4-6-9-20/h4-6,8-17,22H,3,7H2,1-2H3,(H,30,31). The third-order valence-electron chi connectivity index (χ3n) is 6.02. The molecule has 33 heavy (non-hydrogen) atoms. The fourth-order valence-corrected chi connectivity index (χ4v) is 4.23. The second-order valence-electron chi connectivity index (χ2n) is 8.30. The number of rotatable bonds is 6. The molecular weight excluding hydrogens is 414 g/mol. The molecule has 0 bridgehead atoms. The van der Waals surface area contributed by atoms with Crippen molar-refractivity contribution in [3.8, 4) is 23.0 Å². The molecule has 4 aromatic rings. The fraction of sp³-hybridized carbons (Fsp3) is 0.222. The van der Waals surface area contributed by atoms with Gasteiger partial charge in [-0.2, -0.15) is 5.10 Å². The normalized spacial score (nSPS) is 18.1. The lowest BCUT2D eigenvalue weighted by atomic mass is 9.82. The van der Waals surface area contributed by atoms with Crippen LogP contribution in [-0.4, -0.2) is 16.6 Å². The number of para-hydroxylation sites is 1. The Kier molecular flexibility index (Phi) is 5.65. The number of benzene rings is 3. The first-order chi connectivity index (χ1) is 16.1. The van der Waals surface area contributed by atoms with E-state index in [1.54, 1.807) is 0 Å². The van der Waals surface area contributed by atoms with Crippen LogP contribution >= 0.6 is 0 Å². The molecule has 2 heterocycles. The van der Waals surface area contributed by atoms with Crippen LogP contribution in [0, 0.1) is 11.8 Å². The predicted molar refractivity (Wildman–Crippen MR) is 128 cm³/mol. The molecule has 0 spiro atoms. The van der Waals surface area contributed by atoms with Crippen molar-refractivity contribution in [3.63, 3.8) is 0 Å². The van der Waals surface area contributed by atoms with Gasteiger partial charge >= 0.3 is 0 Å². The van der Waals surface area contributed by atoms with Crippen molar-refractivity contribution < 1.29 is 13.9 Å². The van der Waals surface area contributed by atoms with Crippen LogP contribution in [0.2, 0.25) is 0 Å². The number of hydrazone groups is 1. The van der Waals surface area contributed by atoms with E-state index in [0.717, 1.165) is 46.7 Å². The number of hydrogen-bond donors (Lipinski definition) is 1. The average molecular weight is 440 g/mol. The number of carbonyl (C=O) groups excluding carboxylic acids is 1. The van der Waals surface area contributed by atoms with Crippen LogP contribution in [0.15, 0.2) is 82.3 Å². The lowest BCUT2D eigenvalue weighted by molar-refractivity contribution is -0.126. The van der Waals surface area contributed by atoms with E-state index >= 15 is 0 Å². The van der Waals surface area contributed by atoms with Gasteiger partial charge in [0.15, 0.2) is 5.58 Å². The molecule has 0 radical (unpaired) electrons.